The van der Waals surface area contributed by atoms with Crippen LogP contribution in [0.1, 0.15) is 25.0 Å². The van der Waals surface area contributed by atoms with Gasteiger partial charge in [0.15, 0.2) is 0 Å². The minimum atomic E-state index is 0.260. The Morgan fingerprint density at radius 2 is 1.11 bits per heavy atom. The molecular formula is C16H16O2. The first-order valence-electron chi connectivity index (χ1n) is 5.84. The van der Waals surface area contributed by atoms with Gasteiger partial charge in [0, 0.05) is 0 Å². The molecule has 2 N–H and O–H groups in total. The summed E-state index contributed by atoms with van der Waals surface area (Å²) in [5.41, 5.74) is 4.12. The largest absolute Gasteiger partial charge is 0.508 e. The number of rotatable bonds is 2. The monoisotopic (exact) mass is 240 g/mol. The molecule has 2 nitrogen and oxygen atoms in total. The lowest BCUT2D eigenvalue weighted by atomic mass is 9.97. The van der Waals surface area contributed by atoms with Crippen molar-refractivity contribution in [2.45, 2.75) is 13.8 Å². The number of phenols is 2. The second kappa shape index (κ2) is 4.96. The smallest absolute Gasteiger partial charge is 0.116 e. The van der Waals surface area contributed by atoms with Crippen LogP contribution < -0.4 is 0 Å². The number of hydrogen-bond acceptors (Lipinski definition) is 2. The van der Waals surface area contributed by atoms with Crippen molar-refractivity contribution in [3.8, 4) is 11.5 Å². The van der Waals surface area contributed by atoms with Gasteiger partial charge >= 0.3 is 0 Å². The van der Waals surface area contributed by atoms with Crippen LogP contribution in [0.25, 0.3) is 11.1 Å². The molecule has 2 rings (SSSR count). The maximum absolute atomic E-state index is 9.50. The summed E-state index contributed by atoms with van der Waals surface area (Å²) in [6, 6.07) is 14.3. The van der Waals surface area contributed by atoms with E-state index in [-0.39, 0.29) is 11.5 Å². The number of aromatic hydroxyl groups is 2. The van der Waals surface area contributed by atoms with Crippen molar-refractivity contribution in [2.24, 2.45) is 0 Å². The maximum atomic E-state index is 9.50. The summed E-state index contributed by atoms with van der Waals surface area (Å²) in [6.07, 6.45) is 0. The van der Waals surface area contributed by atoms with E-state index in [0.717, 1.165) is 22.3 Å². The van der Waals surface area contributed by atoms with Gasteiger partial charge in [0.25, 0.3) is 0 Å². The van der Waals surface area contributed by atoms with Gasteiger partial charge in [-0.25, -0.2) is 0 Å². The molecule has 0 saturated carbocycles. The summed E-state index contributed by atoms with van der Waals surface area (Å²) in [6.45, 7) is 4.02. The molecule has 0 bridgehead atoms. The van der Waals surface area contributed by atoms with Crippen LogP contribution in [-0.4, -0.2) is 10.2 Å². The number of hydrogen-bond donors (Lipinski definition) is 2. The average Bonchev–Trinajstić information content (AvgIpc) is 2.37. The van der Waals surface area contributed by atoms with Gasteiger partial charge < -0.3 is 10.2 Å². The van der Waals surface area contributed by atoms with Crippen LogP contribution in [-0.2, 0) is 0 Å². The molecule has 0 aliphatic rings. The summed E-state index contributed by atoms with van der Waals surface area (Å²) in [7, 11) is 0. The zero-order valence-electron chi connectivity index (χ0n) is 10.5. The second-order valence-electron chi connectivity index (χ2n) is 4.35. The molecule has 0 heterocycles. The highest BCUT2D eigenvalue weighted by atomic mass is 16.3. The Hall–Kier alpha value is -2.22. The minimum Gasteiger partial charge on any atom is -0.508 e. The Kier molecular flexibility index (Phi) is 3.38. The molecule has 0 unspecified atom stereocenters. The van der Waals surface area contributed by atoms with Crippen LogP contribution in [0, 0.1) is 0 Å². The van der Waals surface area contributed by atoms with Crippen molar-refractivity contribution in [2.75, 3.05) is 0 Å². The molecule has 2 aromatic carbocycles. The second-order valence-corrected chi connectivity index (χ2v) is 4.35. The molecule has 0 aliphatic carbocycles. The predicted octanol–water partition coefficient (Wildman–Crippen LogP) is 4.05. The fourth-order valence-corrected chi connectivity index (χ4v) is 1.91. The molecule has 0 aliphatic heterocycles. The SMILES string of the molecule is C/C(=C(/C)c1cccc(O)c1)c1cccc(O)c1. The first-order valence-corrected chi connectivity index (χ1v) is 5.84. The molecule has 2 heteroatoms. The lowest BCUT2D eigenvalue weighted by Crippen LogP contribution is -1.86. The van der Waals surface area contributed by atoms with Gasteiger partial charge in [-0.3, -0.25) is 0 Å². The van der Waals surface area contributed by atoms with Crippen LogP contribution in [0.4, 0.5) is 0 Å². The van der Waals surface area contributed by atoms with Gasteiger partial charge in [-0.2, -0.15) is 0 Å². The van der Waals surface area contributed by atoms with E-state index in [4.69, 9.17) is 0 Å². The summed E-state index contributed by atoms with van der Waals surface area (Å²) >= 11 is 0. The quantitative estimate of drug-likeness (QED) is 0.777. The summed E-state index contributed by atoms with van der Waals surface area (Å²) in [5, 5.41) is 19.0. The van der Waals surface area contributed by atoms with Crippen LogP contribution in [0.5, 0.6) is 11.5 Å². The van der Waals surface area contributed by atoms with Gasteiger partial charge in [0.1, 0.15) is 11.5 Å². The van der Waals surface area contributed by atoms with Crippen molar-refractivity contribution >= 4 is 11.1 Å². The minimum absolute atomic E-state index is 0.260. The van der Waals surface area contributed by atoms with Crippen LogP contribution in [0.3, 0.4) is 0 Å². The van der Waals surface area contributed by atoms with E-state index in [9.17, 15) is 10.2 Å². The van der Waals surface area contributed by atoms with E-state index in [1.807, 2.05) is 38.1 Å². The molecule has 0 saturated heterocycles. The average molecular weight is 240 g/mol. The van der Waals surface area contributed by atoms with E-state index < -0.39 is 0 Å². The highest BCUT2D eigenvalue weighted by Gasteiger charge is 2.04. The molecule has 0 spiro atoms. The Morgan fingerprint density at radius 3 is 1.44 bits per heavy atom. The third kappa shape index (κ3) is 2.54. The number of phenolic OH excluding ortho intramolecular Hbond substituents is 2. The van der Waals surface area contributed by atoms with Crippen molar-refractivity contribution < 1.29 is 10.2 Å². The lowest BCUT2D eigenvalue weighted by molar-refractivity contribution is 0.474. The third-order valence-corrected chi connectivity index (χ3v) is 3.12. The highest BCUT2D eigenvalue weighted by molar-refractivity contribution is 5.89. The van der Waals surface area contributed by atoms with E-state index in [0.29, 0.717) is 0 Å². The van der Waals surface area contributed by atoms with Gasteiger partial charge in [-0.05, 0) is 60.4 Å². The maximum Gasteiger partial charge on any atom is 0.116 e. The van der Waals surface area contributed by atoms with Crippen molar-refractivity contribution in [1.29, 1.82) is 0 Å². The Balaban J connectivity index is 2.47. The third-order valence-electron chi connectivity index (χ3n) is 3.12. The molecule has 18 heavy (non-hydrogen) atoms. The van der Waals surface area contributed by atoms with Gasteiger partial charge in [0.2, 0.25) is 0 Å². The highest BCUT2D eigenvalue weighted by Crippen LogP contribution is 2.28. The predicted molar refractivity (Wildman–Crippen MR) is 74.4 cm³/mol. The standard InChI is InChI=1S/C16H16O2/c1-11(13-5-3-7-15(17)9-13)12(2)14-6-4-8-16(18)10-14/h3-10,17-18H,1-2H3/b12-11+. The first kappa shape index (κ1) is 12.2. The number of benzene rings is 2. The summed E-state index contributed by atoms with van der Waals surface area (Å²) in [4.78, 5) is 0. The van der Waals surface area contributed by atoms with Gasteiger partial charge in [-0.1, -0.05) is 24.3 Å². The fraction of sp³-hybridized carbons (Fsp3) is 0.125. The molecule has 0 fully saturated rings. The first-order chi connectivity index (χ1) is 8.58. The van der Waals surface area contributed by atoms with Crippen molar-refractivity contribution in [3.63, 3.8) is 0 Å². The fourth-order valence-electron chi connectivity index (χ4n) is 1.91. The zero-order chi connectivity index (χ0) is 13.1. The van der Waals surface area contributed by atoms with E-state index in [1.54, 1.807) is 24.3 Å². The van der Waals surface area contributed by atoms with E-state index in [2.05, 4.69) is 0 Å². The molecule has 0 atom stereocenters. The van der Waals surface area contributed by atoms with Crippen LogP contribution in [0.2, 0.25) is 0 Å². The van der Waals surface area contributed by atoms with Crippen molar-refractivity contribution in [1.82, 2.24) is 0 Å². The topological polar surface area (TPSA) is 40.5 Å². The number of allylic oxidation sites excluding steroid dienone is 2. The molecule has 0 radical (unpaired) electrons. The van der Waals surface area contributed by atoms with Crippen LogP contribution in [0.15, 0.2) is 48.5 Å². The molecule has 2 aromatic rings. The lowest BCUT2D eigenvalue weighted by Gasteiger charge is -2.09. The Morgan fingerprint density at radius 1 is 0.722 bits per heavy atom. The summed E-state index contributed by atoms with van der Waals surface area (Å²) in [5.74, 6) is 0.520. The summed E-state index contributed by atoms with van der Waals surface area (Å²) < 4.78 is 0. The van der Waals surface area contributed by atoms with Gasteiger partial charge in [0.05, 0.1) is 0 Å². The molecule has 92 valence electrons. The van der Waals surface area contributed by atoms with Crippen LogP contribution >= 0.6 is 0 Å². The molecule has 0 aromatic heterocycles. The van der Waals surface area contributed by atoms with Gasteiger partial charge in [-0.15, -0.1) is 0 Å². The zero-order valence-corrected chi connectivity index (χ0v) is 10.5. The molecule has 0 amide bonds. The Labute approximate surface area is 107 Å². The van der Waals surface area contributed by atoms with Crippen molar-refractivity contribution in [3.05, 3.63) is 59.7 Å². The normalized spacial score (nSPS) is 12.1. The Bertz CT molecular complexity index is 544. The van der Waals surface area contributed by atoms with E-state index >= 15 is 0 Å². The van der Waals surface area contributed by atoms with E-state index in [1.165, 1.54) is 0 Å². The molecular weight excluding hydrogens is 224 g/mol.